The van der Waals surface area contributed by atoms with Crippen LogP contribution in [0.15, 0.2) is 24.3 Å². The molecule has 1 aromatic rings. The van der Waals surface area contributed by atoms with Crippen LogP contribution in [0.3, 0.4) is 0 Å². The SMILES string of the molecule is CC1CCCC(C)N1Nc1ccccc1N. The molecule has 1 aliphatic rings. The summed E-state index contributed by atoms with van der Waals surface area (Å²) in [6, 6.07) is 9.08. The highest BCUT2D eigenvalue weighted by molar-refractivity contribution is 5.65. The molecule has 0 bridgehead atoms. The van der Waals surface area contributed by atoms with E-state index in [0.717, 1.165) is 11.4 Å². The predicted molar refractivity (Wildman–Crippen MR) is 69.1 cm³/mol. The van der Waals surface area contributed by atoms with Crippen LogP contribution < -0.4 is 11.2 Å². The molecule has 0 amide bonds. The number of nitrogens with two attached hydrogens (primary N) is 1. The Bertz CT molecular complexity index is 341. The van der Waals surface area contributed by atoms with Gasteiger partial charge in [0.2, 0.25) is 0 Å². The molecule has 0 radical (unpaired) electrons. The van der Waals surface area contributed by atoms with E-state index in [4.69, 9.17) is 5.73 Å². The van der Waals surface area contributed by atoms with Crippen LogP contribution in [0.4, 0.5) is 11.4 Å². The van der Waals surface area contributed by atoms with E-state index >= 15 is 0 Å². The molecule has 3 nitrogen and oxygen atoms in total. The summed E-state index contributed by atoms with van der Waals surface area (Å²) >= 11 is 0. The molecule has 3 N–H and O–H groups in total. The van der Waals surface area contributed by atoms with Crippen LogP contribution in [0.2, 0.25) is 0 Å². The first-order chi connectivity index (χ1) is 7.68. The minimum Gasteiger partial charge on any atom is -0.397 e. The highest BCUT2D eigenvalue weighted by atomic mass is 15.5. The Labute approximate surface area is 97.6 Å². The van der Waals surface area contributed by atoms with Crippen LogP contribution in [-0.4, -0.2) is 17.1 Å². The second kappa shape index (κ2) is 4.74. The smallest absolute Gasteiger partial charge is 0.0720 e. The fourth-order valence-corrected chi connectivity index (χ4v) is 2.38. The molecule has 1 saturated heterocycles. The van der Waals surface area contributed by atoms with Gasteiger partial charge in [0.1, 0.15) is 0 Å². The first-order valence-corrected chi connectivity index (χ1v) is 6.08. The number of nitrogens with one attached hydrogen (secondary N) is 1. The van der Waals surface area contributed by atoms with Gasteiger partial charge in [0.15, 0.2) is 0 Å². The zero-order valence-electron chi connectivity index (χ0n) is 10.1. The molecule has 1 aromatic carbocycles. The second-order valence-electron chi connectivity index (χ2n) is 4.74. The van der Waals surface area contributed by atoms with E-state index in [0.29, 0.717) is 12.1 Å². The number of nitrogen functional groups attached to an aromatic ring is 1. The third kappa shape index (κ3) is 2.30. The molecule has 0 saturated carbocycles. The topological polar surface area (TPSA) is 41.3 Å². The lowest BCUT2D eigenvalue weighted by Crippen LogP contribution is -2.47. The number of hydrogen-bond acceptors (Lipinski definition) is 3. The summed E-state index contributed by atoms with van der Waals surface area (Å²) in [4.78, 5) is 0. The van der Waals surface area contributed by atoms with Gasteiger partial charge in [-0.3, -0.25) is 0 Å². The van der Waals surface area contributed by atoms with E-state index in [1.54, 1.807) is 0 Å². The van der Waals surface area contributed by atoms with Gasteiger partial charge in [0.05, 0.1) is 11.4 Å². The fourth-order valence-electron chi connectivity index (χ4n) is 2.38. The van der Waals surface area contributed by atoms with E-state index in [2.05, 4.69) is 24.3 Å². The van der Waals surface area contributed by atoms with Gasteiger partial charge in [-0.15, -0.1) is 0 Å². The fraction of sp³-hybridized carbons (Fsp3) is 0.538. The minimum atomic E-state index is 0.573. The van der Waals surface area contributed by atoms with E-state index in [9.17, 15) is 0 Å². The molecule has 1 aliphatic heterocycles. The van der Waals surface area contributed by atoms with Crippen molar-refractivity contribution in [3.8, 4) is 0 Å². The second-order valence-corrected chi connectivity index (χ2v) is 4.74. The zero-order valence-corrected chi connectivity index (χ0v) is 10.1. The van der Waals surface area contributed by atoms with Crippen molar-refractivity contribution in [2.24, 2.45) is 0 Å². The molecule has 2 atom stereocenters. The average molecular weight is 219 g/mol. The molecule has 2 rings (SSSR count). The number of hydrogen-bond donors (Lipinski definition) is 2. The first-order valence-electron chi connectivity index (χ1n) is 6.08. The quantitative estimate of drug-likeness (QED) is 0.751. The highest BCUT2D eigenvalue weighted by Gasteiger charge is 2.24. The van der Waals surface area contributed by atoms with Gasteiger partial charge in [-0.25, -0.2) is 5.01 Å². The van der Waals surface area contributed by atoms with Crippen LogP contribution in [-0.2, 0) is 0 Å². The largest absolute Gasteiger partial charge is 0.397 e. The summed E-state index contributed by atoms with van der Waals surface area (Å²) in [6.07, 6.45) is 3.83. The molecule has 88 valence electrons. The van der Waals surface area contributed by atoms with Gasteiger partial charge < -0.3 is 11.2 Å². The van der Waals surface area contributed by atoms with E-state index in [-0.39, 0.29) is 0 Å². The average Bonchev–Trinajstić information content (AvgIpc) is 2.26. The van der Waals surface area contributed by atoms with Gasteiger partial charge in [0, 0.05) is 12.1 Å². The Balaban J connectivity index is 2.11. The summed E-state index contributed by atoms with van der Waals surface area (Å²) in [7, 11) is 0. The molecule has 2 unspecified atom stereocenters. The number of para-hydroxylation sites is 2. The van der Waals surface area contributed by atoms with E-state index in [1.165, 1.54) is 19.3 Å². The number of nitrogens with zero attached hydrogens (tertiary/aromatic N) is 1. The molecule has 0 spiro atoms. The molecule has 0 aromatic heterocycles. The Hall–Kier alpha value is -1.22. The van der Waals surface area contributed by atoms with Crippen LogP contribution in [0.1, 0.15) is 33.1 Å². The van der Waals surface area contributed by atoms with Gasteiger partial charge in [-0.1, -0.05) is 18.6 Å². The van der Waals surface area contributed by atoms with Gasteiger partial charge >= 0.3 is 0 Å². The standard InChI is InChI=1S/C13H21N3/c1-10-6-5-7-11(2)16(10)15-13-9-4-3-8-12(13)14/h3-4,8-11,15H,5-7,14H2,1-2H3. The monoisotopic (exact) mass is 219 g/mol. The molecular weight excluding hydrogens is 198 g/mol. The summed E-state index contributed by atoms with van der Waals surface area (Å²) in [5.74, 6) is 0. The number of anilines is 2. The Morgan fingerprint density at radius 3 is 2.44 bits per heavy atom. The van der Waals surface area contributed by atoms with Crippen molar-refractivity contribution in [3.63, 3.8) is 0 Å². The number of benzene rings is 1. The maximum Gasteiger partial charge on any atom is 0.0720 e. The van der Waals surface area contributed by atoms with Crippen LogP contribution in [0, 0.1) is 0 Å². The van der Waals surface area contributed by atoms with Crippen LogP contribution in [0.5, 0.6) is 0 Å². The number of rotatable bonds is 2. The zero-order chi connectivity index (χ0) is 11.5. The van der Waals surface area contributed by atoms with Gasteiger partial charge in [-0.2, -0.15) is 0 Å². The van der Waals surface area contributed by atoms with Crippen molar-refractivity contribution < 1.29 is 0 Å². The first kappa shape index (κ1) is 11.3. The highest BCUT2D eigenvalue weighted by Crippen LogP contribution is 2.25. The van der Waals surface area contributed by atoms with E-state index < -0.39 is 0 Å². The van der Waals surface area contributed by atoms with Crippen molar-refractivity contribution in [1.29, 1.82) is 0 Å². The summed E-state index contributed by atoms with van der Waals surface area (Å²) in [5.41, 5.74) is 11.2. The maximum atomic E-state index is 5.94. The van der Waals surface area contributed by atoms with Crippen molar-refractivity contribution in [2.45, 2.75) is 45.2 Å². The Morgan fingerprint density at radius 2 is 1.81 bits per heavy atom. The molecule has 3 heteroatoms. The summed E-state index contributed by atoms with van der Waals surface area (Å²) in [6.45, 7) is 4.53. The third-order valence-corrected chi connectivity index (χ3v) is 3.40. The maximum absolute atomic E-state index is 5.94. The predicted octanol–water partition coefficient (Wildman–Crippen LogP) is 2.86. The number of hydrazine groups is 1. The summed E-state index contributed by atoms with van der Waals surface area (Å²) < 4.78 is 0. The minimum absolute atomic E-state index is 0.573. The molecular formula is C13H21N3. The van der Waals surface area contributed by atoms with Gasteiger partial charge in [0.25, 0.3) is 0 Å². The summed E-state index contributed by atoms with van der Waals surface area (Å²) in [5, 5.41) is 2.33. The van der Waals surface area contributed by atoms with Crippen molar-refractivity contribution >= 4 is 11.4 Å². The van der Waals surface area contributed by atoms with E-state index in [1.807, 2.05) is 24.3 Å². The van der Waals surface area contributed by atoms with Crippen molar-refractivity contribution in [2.75, 3.05) is 11.2 Å². The molecule has 1 heterocycles. The Kier molecular flexibility index (Phi) is 3.34. The van der Waals surface area contributed by atoms with Crippen molar-refractivity contribution in [1.82, 2.24) is 5.01 Å². The molecule has 0 aliphatic carbocycles. The van der Waals surface area contributed by atoms with Crippen LogP contribution >= 0.6 is 0 Å². The normalized spacial score (nSPS) is 26.6. The Morgan fingerprint density at radius 1 is 1.19 bits per heavy atom. The molecule has 16 heavy (non-hydrogen) atoms. The number of piperidine rings is 1. The third-order valence-electron chi connectivity index (χ3n) is 3.40. The van der Waals surface area contributed by atoms with Crippen molar-refractivity contribution in [3.05, 3.63) is 24.3 Å². The van der Waals surface area contributed by atoms with Gasteiger partial charge in [-0.05, 0) is 38.8 Å². The lowest BCUT2D eigenvalue weighted by molar-refractivity contribution is 0.136. The molecule has 1 fully saturated rings. The lowest BCUT2D eigenvalue weighted by Gasteiger charge is -2.39. The van der Waals surface area contributed by atoms with Crippen LogP contribution in [0.25, 0.3) is 0 Å². The lowest BCUT2D eigenvalue weighted by atomic mass is 10.00.